The highest BCUT2D eigenvalue weighted by Gasteiger charge is 2.08. The van der Waals surface area contributed by atoms with E-state index in [-0.39, 0.29) is 5.91 Å². The van der Waals surface area contributed by atoms with Gasteiger partial charge in [-0.3, -0.25) is 4.79 Å². The summed E-state index contributed by atoms with van der Waals surface area (Å²) in [6, 6.07) is 18.5. The highest BCUT2D eigenvalue weighted by Crippen LogP contribution is 2.25. The van der Waals surface area contributed by atoms with Crippen molar-refractivity contribution in [1.29, 1.82) is 0 Å². The van der Waals surface area contributed by atoms with Crippen molar-refractivity contribution in [3.8, 4) is 17.1 Å². The molecule has 0 aliphatic rings. The molecule has 0 saturated heterocycles. The highest BCUT2D eigenvalue weighted by molar-refractivity contribution is 6.30. The first kappa shape index (κ1) is 17.1. The van der Waals surface area contributed by atoms with Crippen LogP contribution in [0.1, 0.15) is 12.2 Å². The van der Waals surface area contributed by atoms with Gasteiger partial charge < -0.3 is 14.5 Å². The van der Waals surface area contributed by atoms with Crippen molar-refractivity contribution in [2.24, 2.45) is 0 Å². The zero-order chi connectivity index (χ0) is 17.6. The van der Waals surface area contributed by atoms with E-state index in [1.165, 1.54) is 0 Å². The van der Waals surface area contributed by atoms with E-state index in [1.54, 1.807) is 13.2 Å². The molecule has 25 heavy (non-hydrogen) atoms. The smallest absolute Gasteiger partial charge is 0.224 e. The van der Waals surface area contributed by atoms with Crippen LogP contribution in [0.15, 0.2) is 65.1 Å². The number of anilines is 1. The molecule has 0 atom stereocenters. The largest absolute Gasteiger partial charge is 0.497 e. The fourth-order valence-electron chi connectivity index (χ4n) is 2.47. The number of carbonyl (C=O) groups excluding carboxylic acids is 1. The molecule has 3 aromatic rings. The molecule has 3 rings (SSSR count). The van der Waals surface area contributed by atoms with Crippen LogP contribution in [0.5, 0.6) is 5.75 Å². The van der Waals surface area contributed by atoms with Gasteiger partial charge in [0.1, 0.15) is 17.3 Å². The fourth-order valence-corrected chi connectivity index (χ4v) is 2.66. The molecule has 1 amide bonds. The Kier molecular flexibility index (Phi) is 5.41. The van der Waals surface area contributed by atoms with Crippen LogP contribution >= 0.6 is 11.6 Å². The zero-order valence-electron chi connectivity index (χ0n) is 13.8. The minimum absolute atomic E-state index is 0.0750. The van der Waals surface area contributed by atoms with Gasteiger partial charge in [-0.05, 0) is 36.4 Å². The normalized spacial score (nSPS) is 10.5. The molecule has 0 radical (unpaired) electrons. The molecule has 1 heterocycles. The van der Waals surface area contributed by atoms with E-state index in [0.717, 1.165) is 17.1 Å². The van der Waals surface area contributed by atoms with Gasteiger partial charge in [0, 0.05) is 35.2 Å². The molecule has 0 fully saturated rings. The Labute approximate surface area is 151 Å². The summed E-state index contributed by atoms with van der Waals surface area (Å²) in [6.07, 6.45) is 0.857. The summed E-state index contributed by atoms with van der Waals surface area (Å²) in [5, 5.41) is 3.52. The van der Waals surface area contributed by atoms with Crippen LogP contribution in [0, 0.1) is 0 Å². The monoisotopic (exact) mass is 355 g/mol. The van der Waals surface area contributed by atoms with Crippen LogP contribution in [0.2, 0.25) is 5.02 Å². The molecule has 0 aliphatic heterocycles. The average Bonchev–Trinajstić information content (AvgIpc) is 3.09. The van der Waals surface area contributed by atoms with Crippen LogP contribution in [0.3, 0.4) is 0 Å². The van der Waals surface area contributed by atoms with Crippen LogP contribution in [0.25, 0.3) is 11.3 Å². The first-order valence-corrected chi connectivity index (χ1v) is 8.30. The Bertz CT molecular complexity index is 873. The van der Waals surface area contributed by atoms with Crippen molar-refractivity contribution in [2.45, 2.75) is 12.8 Å². The van der Waals surface area contributed by atoms with E-state index in [1.807, 2.05) is 54.6 Å². The average molecular weight is 356 g/mol. The van der Waals surface area contributed by atoms with Crippen LogP contribution in [0.4, 0.5) is 5.69 Å². The first-order chi connectivity index (χ1) is 12.1. The molecule has 1 N–H and O–H groups in total. The number of hydrogen-bond donors (Lipinski definition) is 1. The Hall–Kier alpha value is -2.72. The number of furan rings is 1. The number of rotatable bonds is 6. The van der Waals surface area contributed by atoms with Gasteiger partial charge >= 0.3 is 0 Å². The maximum Gasteiger partial charge on any atom is 0.224 e. The van der Waals surface area contributed by atoms with E-state index >= 15 is 0 Å². The molecule has 2 aromatic carbocycles. The Morgan fingerprint density at radius 1 is 1.12 bits per heavy atom. The lowest BCUT2D eigenvalue weighted by molar-refractivity contribution is -0.116. The van der Waals surface area contributed by atoms with Gasteiger partial charge in [-0.1, -0.05) is 29.8 Å². The van der Waals surface area contributed by atoms with Crippen molar-refractivity contribution < 1.29 is 13.9 Å². The Morgan fingerprint density at radius 3 is 2.76 bits per heavy atom. The third kappa shape index (κ3) is 4.64. The van der Waals surface area contributed by atoms with Gasteiger partial charge in [0.2, 0.25) is 5.91 Å². The minimum Gasteiger partial charge on any atom is -0.497 e. The molecule has 0 saturated carbocycles. The SMILES string of the molecule is COc1cccc(NC(=O)CCc2ccc(-c3cccc(Cl)c3)o2)c1. The summed E-state index contributed by atoms with van der Waals surface area (Å²) in [5.41, 5.74) is 1.63. The van der Waals surface area contributed by atoms with Crippen LogP contribution in [-0.2, 0) is 11.2 Å². The predicted molar refractivity (Wildman–Crippen MR) is 99.1 cm³/mol. The number of ether oxygens (including phenoxy) is 1. The Morgan fingerprint density at radius 2 is 1.96 bits per heavy atom. The highest BCUT2D eigenvalue weighted by atomic mass is 35.5. The summed E-state index contributed by atoms with van der Waals surface area (Å²) in [7, 11) is 1.59. The second kappa shape index (κ2) is 7.90. The quantitative estimate of drug-likeness (QED) is 0.662. The fraction of sp³-hybridized carbons (Fsp3) is 0.150. The topological polar surface area (TPSA) is 51.5 Å². The lowest BCUT2D eigenvalue weighted by Crippen LogP contribution is -2.12. The maximum absolute atomic E-state index is 12.1. The molecule has 1 aromatic heterocycles. The Balaban J connectivity index is 1.57. The van der Waals surface area contributed by atoms with Crippen LogP contribution < -0.4 is 10.1 Å². The molecule has 128 valence electrons. The standard InChI is InChI=1S/C20H18ClNO3/c1-24-18-7-3-6-16(13-18)22-20(23)11-9-17-8-10-19(25-17)14-4-2-5-15(21)12-14/h2-8,10,12-13H,9,11H2,1H3,(H,22,23). The summed E-state index contributed by atoms with van der Waals surface area (Å²) < 4.78 is 10.9. The van der Waals surface area contributed by atoms with E-state index in [2.05, 4.69) is 5.32 Å². The van der Waals surface area contributed by atoms with Gasteiger partial charge in [0.25, 0.3) is 0 Å². The third-order valence-electron chi connectivity index (χ3n) is 3.72. The second-order valence-corrected chi connectivity index (χ2v) is 5.99. The van der Waals surface area contributed by atoms with Crippen LogP contribution in [-0.4, -0.2) is 13.0 Å². The molecule has 5 heteroatoms. The molecule has 0 spiro atoms. The number of aryl methyl sites for hydroxylation is 1. The molecular formula is C20H18ClNO3. The number of halogens is 1. The summed E-state index contributed by atoms with van der Waals surface area (Å²) in [6.45, 7) is 0. The van der Waals surface area contributed by atoms with Crippen molar-refractivity contribution in [1.82, 2.24) is 0 Å². The number of carbonyl (C=O) groups is 1. The van der Waals surface area contributed by atoms with Crippen molar-refractivity contribution >= 4 is 23.2 Å². The summed E-state index contributed by atoms with van der Waals surface area (Å²) in [4.78, 5) is 12.1. The van der Waals surface area contributed by atoms with Crippen molar-refractivity contribution in [3.05, 3.63) is 71.4 Å². The van der Waals surface area contributed by atoms with Crippen molar-refractivity contribution in [3.63, 3.8) is 0 Å². The molecule has 4 nitrogen and oxygen atoms in total. The third-order valence-corrected chi connectivity index (χ3v) is 3.96. The van der Waals surface area contributed by atoms with Gasteiger partial charge in [0.05, 0.1) is 7.11 Å². The molecule has 0 aliphatic carbocycles. The number of methoxy groups -OCH3 is 1. The lowest BCUT2D eigenvalue weighted by Gasteiger charge is -2.06. The zero-order valence-corrected chi connectivity index (χ0v) is 14.5. The summed E-state index contributed by atoms with van der Waals surface area (Å²) >= 11 is 6.00. The molecule has 0 bridgehead atoms. The maximum atomic E-state index is 12.1. The van der Waals surface area contributed by atoms with Gasteiger partial charge in [-0.15, -0.1) is 0 Å². The molecular weight excluding hydrogens is 338 g/mol. The van der Waals surface area contributed by atoms with Gasteiger partial charge in [0.15, 0.2) is 0 Å². The number of amides is 1. The second-order valence-electron chi connectivity index (χ2n) is 5.56. The van der Waals surface area contributed by atoms with Gasteiger partial charge in [-0.25, -0.2) is 0 Å². The van der Waals surface area contributed by atoms with E-state index < -0.39 is 0 Å². The molecule has 0 unspecified atom stereocenters. The van der Waals surface area contributed by atoms with E-state index in [0.29, 0.717) is 29.3 Å². The lowest BCUT2D eigenvalue weighted by atomic mass is 10.2. The first-order valence-electron chi connectivity index (χ1n) is 7.92. The minimum atomic E-state index is -0.0750. The number of hydrogen-bond acceptors (Lipinski definition) is 3. The van der Waals surface area contributed by atoms with E-state index in [9.17, 15) is 4.79 Å². The summed E-state index contributed by atoms with van der Waals surface area (Å²) in [5.74, 6) is 2.13. The number of benzene rings is 2. The van der Waals surface area contributed by atoms with E-state index in [4.69, 9.17) is 20.8 Å². The van der Waals surface area contributed by atoms with Gasteiger partial charge in [-0.2, -0.15) is 0 Å². The predicted octanol–water partition coefficient (Wildman–Crippen LogP) is 5.18. The van der Waals surface area contributed by atoms with Crippen molar-refractivity contribution in [2.75, 3.05) is 12.4 Å². The number of nitrogens with one attached hydrogen (secondary N) is 1.